The van der Waals surface area contributed by atoms with Crippen LogP contribution in [-0.2, 0) is 4.74 Å². The number of nitrogen functional groups attached to an aromatic ring is 1. The zero-order valence-electron chi connectivity index (χ0n) is 9.40. The van der Waals surface area contributed by atoms with Crippen molar-refractivity contribution in [3.8, 4) is 0 Å². The van der Waals surface area contributed by atoms with E-state index in [1.54, 1.807) is 7.11 Å². The zero-order chi connectivity index (χ0) is 12.1. The quantitative estimate of drug-likeness (QED) is 0.702. The van der Waals surface area contributed by atoms with Gasteiger partial charge in [-0.3, -0.25) is 4.79 Å². The van der Waals surface area contributed by atoms with Crippen molar-refractivity contribution in [1.82, 2.24) is 4.37 Å². The summed E-state index contributed by atoms with van der Waals surface area (Å²) in [5.41, 5.74) is 11.1. The summed E-state index contributed by atoms with van der Waals surface area (Å²) in [5, 5.41) is 0.709. The summed E-state index contributed by atoms with van der Waals surface area (Å²) in [6.45, 7) is 1.43. The van der Waals surface area contributed by atoms with Crippen LogP contribution in [0, 0.1) is 0 Å². The highest BCUT2D eigenvalue weighted by Crippen LogP contribution is 2.29. The molecule has 0 radical (unpaired) electrons. The van der Waals surface area contributed by atoms with E-state index in [0.717, 1.165) is 13.0 Å². The Labute approximate surface area is 98.3 Å². The number of nitrogens with two attached hydrogens (primary N) is 2. The molecule has 16 heavy (non-hydrogen) atoms. The molecule has 0 unspecified atom stereocenters. The number of carbonyl (C=O) groups excluding carboxylic acids is 1. The van der Waals surface area contributed by atoms with Crippen LogP contribution in [0.2, 0.25) is 0 Å². The first-order chi connectivity index (χ1) is 7.57. The van der Waals surface area contributed by atoms with Crippen LogP contribution in [0.1, 0.15) is 16.8 Å². The van der Waals surface area contributed by atoms with Gasteiger partial charge < -0.3 is 21.1 Å². The van der Waals surface area contributed by atoms with Gasteiger partial charge in [0.2, 0.25) is 0 Å². The van der Waals surface area contributed by atoms with Gasteiger partial charge in [-0.2, -0.15) is 4.37 Å². The third-order valence-electron chi connectivity index (χ3n) is 2.14. The fourth-order valence-corrected chi connectivity index (χ4v) is 2.14. The van der Waals surface area contributed by atoms with Gasteiger partial charge in [0.25, 0.3) is 5.91 Å². The number of amides is 1. The molecule has 0 atom stereocenters. The summed E-state index contributed by atoms with van der Waals surface area (Å²) in [6, 6.07) is 0. The van der Waals surface area contributed by atoms with E-state index >= 15 is 0 Å². The number of methoxy groups -OCH3 is 1. The molecule has 1 aromatic rings. The van der Waals surface area contributed by atoms with Crippen molar-refractivity contribution in [3.05, 3.63) is 5.56 Å². The molecule has 1 rings (SSSR count). The summed E-state index contributed by atoms with van der Waals surface area (Å²) in [5.74, 6) is -0.342. The van der Waals surface area contributed by atoms with E-state index in [4.69, 9.17) is 16.2 Å². The molecule has 4 N–H and O–H groups in total. The normalized spacial score (nSPS) is 10.4. The van der Waals surface area contributed by atoms with Gasteiger partial charge in [-0.1, -0.05) is 0 Å². The largest absolute Gasteiger partial charge is 0.385 e. The molecule has 7 heteroatoms. The monoisotopic (exact) mass is 244 g/mol. The average molecular weight is 244 g/mol. The van der Waals surface area contributed by atoms with E-state index in [9.17, 15) is 4.79 Å². The summed E-state index contributed by atoms with van der Waals surface area (Å²) >= 11 is 1.18. The highest BCUT2D eigenvalue weighted by Gasteiger charge is 2.19. The number of carbonyl (C=O) groups is 1. The lowest BCUT2D eigenvalue weighted by molar-refractivity contribution is 0.100. The summed E-state index contributed by atoms with van der Waals surface area (Å²) in [6.07, 6.45) is 0.864. The van der Waals surface area contributed by atoms with Crippen molar-refractivity contribution >= 4 is 28.3 Å². The molecule has 0 bridgehead atoms. The predicted octanol–water partition coefficient (Wildman–Crippen LogP) is 0.297. The first-order valence-corrected chi connectivity index (χ1v) is 5.60. The maximum absolute atomic E-state index is 11.2. The van der Waals surface area contributed by atoms with Gasteiger partial charge in [0.1, 0.15) is 10.6 Å². The molecule has 90 valence electrons. The molecular weight excluding hydrogens is 228 g/mol. The smallest absolute Gasteiger partial charge is 0.255 e. The molecule has 0 aliphatic heterocycles. The van der Waals surface area contributed by atoms with Gasteiger partial charge >= 0.3 is 0 Å². The number of ether oxygens (including phenoxy) is 1. The number of hydrogen-bond donors (Lipinski definition) is 2. The van der Waals surface area contributed by atoms with Crippen molar-refractivity contribution in [2.24, 2.45) is 5.73 Å². The van der Waals surface area contributed by atoms with Crippen molar-refractivity contribution in [2.75, 3.05) is 37.9 Å². The molecule has 0 aliphatic carbocycles. The Kier molecular flexibility index (Phi) is 4.51. The van der Waals surface area contributed by atoms with E-state index in [1.807, 2.05) is 11.9 Å². The second-order valence-corrected chi connectivity index (χ2v) is 4.13. The fraction of sp³-hybridized carbons (Fsp3) is 0.556. The number of nitrogens with zero attached hydrogens (tertiary/aromatic N) is 2. The summed E-state index contributed by atoms with van der Waals surface area (Å²) in [7, 11) is 3.52. The molecule has 1 heterocycles. The molecule has 1 amide bonds. The van der Waals surface area contributed by atoms with Gasteiger partial charge in [0.05, 0.1) is 0 Å². The number of hydrogen-bond acceptors (Lipinski definition) is 6. The molecule has 0 aliphatic rings. The van der Waals surface area contributed by atoms with E-state index in [1.165, 1.54) is 11.5 Å². The van der Waals surface area contributed by atoms with Gasteiger partial charge in [-0.05, 0) is 18.0 Å². The Morgan fingerprint density at radius 1 is 1.62 bits per heavy atom. The van der Waals surface area contributed by atoms with Crippen LogP contribution >= 0.6 is 11.5 Å². The number of anilines is 2. The van der Waals surface area contributed by atoms with Gasteiger partial charge in [-0.15, -0.1) is 0 Å². The second kappa shape index (κ2) is 5.66. The topological polar surface area (TPSA) is 94.5 Å². The van der Waals surface area contributed by atoms with E-state index < -0.39 is 5.91 Å². The minimum absolute atomic E-state index is 0.200. The number of aromatic nitrogens is 1. The molecule has 0 spiro atoms. The van der Waals surface area contributed by atoms with Crippen molar-refractivity contribution in [1.29, 1.82) is 0 Å². The second-order valence-electron chi connectivity index (χ2n) is 3.38. The van der Waals surface area contributed by atoms with Crippen molar-refractivity contribution in [2.45, 2.75) is 6.42 Å². The van der Waals surface area contributed by atoms with Crippen LogP contribution in [0.25, 0.3) is 0 Å². The third-order valence-corrected chi connectivity index (χ3v) is 3.11. The minimum Gasteiger partial charge on any atom is -0.385 e. The third kappa shape index (κ3) is 2.83. The first kappa shape index (κ1) is 12.7. The first-order valence-electron chi connectivity index (χ1n) is 4.83. The molecule has 0 fully saturated rings. The standard InChI is InChI=1S/C9H16N4O2S/c1-13(4-3-5-15-2)9-6(8(11)14)7(10)12-16-9/h3-5H2,1-2H3,(H2,10,12)(H2,11,14). The maximum atomic E-state index is 11.2. The lowest BCUT2D eigenvalue weighted by Crippen LogP contribution is -2.23. The Balaban J connectivity index is 2.75. The molecule has 0 saturated heterocycles. The van der Waals surface area contributed by atoms with Gasteiger partial charge in [0, 0.05) is 27.3 Å². The minimum atomic E-state index is -0.542. The van der Waals surface area contributed by atoms with E-state index in [0.29, 0.717) is 17.2 Å². The highest BCUT2D eigenvalue weighted by atomic mass is 32.1. The van der Waals surface area contributed by atoms with Crippen LogP contribution in [0.5, 0.6) is 0 Å². The Bertz CT molecular complexity index is 366. The highest BCUT2D eigenvalue weighted by molar-refractivity contribution is 7.11. The molecule has 0 saturated carbocycles. The lowest BCUT2D eigenvalue weighted by Gasteiger charge is -2.17. The maximum Gasteiger partial charge on any atom is 0.255 e. The van der Waals surface area contributed by atoms with Crippen LogP contribution in [0.15, 0.2) is 0 Å². The van der Waals surface area contributed by atoms with Crippen LogP contribution in [-0.4, -0.2) is 37.6 Å². The Morgan fingerprint density at radius 2 is 2.31 bits per heavy atom. The number of primary amides is 1. The zero-order valence-corrected chi connectivity index (χ0v) is 10.2. The van der Waals surface area contributed by atoms with Crippen molar-refractivity contribution < 1.29 is 9.53 Å². The molecule has 1 aromatic heterocycles. The summed E-state index contributed by atoms with van der Waals surface area (Å²) in [4.78, 5) is 13.1. The fourth-order valence-electron chi connectivity index (χ4n) is 1.33. The lowest BCUT2D eigenvalue weighted by atomic mass is 10.3. The molecule has 6 nitrogen and oxygen atoms in total. The predicted molar refractivity (Wildman–Crippen MR) is 64.8 cm³/mol. The SMILES string of the molecule is COCCCN(C)c1snc(N)c1C(N)=O. The van der Waals surface area contributed by atoms with Crippen LogP contribution < -0.4 is 16.4 Å². The van der Waals surface area contributed by atoms with Crippen LogP contribution in [0.3, 0.4) is 0 Å². The van der Waals surface area contributed by atoms with Gasteiger partial charge in [0.15, 0.2) is 5.82 Å². The van der Waals surface area contributed by atoms with E-state index in [2.05, 4.69) is 4.37 Å². The summed E-state index contributed by atoms with van der Waals surface area (Å²) < 4.78 is 8.89. The van der Waals surface area contributed by atoms with E-state index in [-0.39, 0.29) is 5.82 Å². The Hall–Kier alpha value is -1.34. The number of rotatable bonds is 6. The Morgan fingerprint density at radius 3 is 2.88 bits per heavy atom. The van der Waals surface area contributed by atoms with Crippen molar-refractivity contribution in [3.63, 3.8) is 0 Å². The van der Waals surface area contributed by atoms with Crippen LogP contribution in [0.4, 0.5) is 10.8 Å². The average Bonchev–Trinajstić information content (AvgIpc) is 2.60. The molecular formula is C9H16N4O2S. The van der Waals surface area contributed by atoms with Gasteiger partial charge in [-0.25, -0.2) is 0 Å². The molecule has 0 aromatic carbocycles.